The SMILES string of the molecule is C=CC(=O)N1CCN(c2ncnc3c(F)c(-c4cccc5ccc(O)cc45)c(Cl)cc23)CC1. The van der Waals surface area contributed by atoms with E-state index in [9.17, 15) is 9.90 Å². The van der Waals surface area contributed by atoms with Gasteiger partial charge in [0.15, 0.2) is 5.82 Å². The summed E-state index contributed by atoms with van der Waals surface area (Å²) in [7, 11) is 0. The van der Waals surface area contributed by atoms with E-state index in [1.807, 2.05) is 17.0 Å². The molecule has 8 heteroatoms. The first-order chi connectivity index (χ1) is 16.0. The molecule has 1 saturated heterocycles. The molecule has 0 unspecified atom stereocenters. The number of phenolic OH excluding ortho intramolecular Hbond substituents is 1. The zero-order valence-electron chi connectivity index (χ0n) is 17.6. The molecule has 1 aliphatic rings. The maximum Gasteiger partial charge on any atom is 0.246 e. The maximum atomic E-state index is 15.9. The molecule has 4 aromatic rings. The summed E-state index contributed by atoms with van der Waals surface area (Å²) < 4.78 is 15.9. The largest absolute Gasteiger partial charge is 0.508 e. The zero-order chi connectivity index (χ0) is 23.1. The van der Waals surface area contributed by atoms with E-state index in [4.69, 9.17) is 11.6 Å². The van der Waals surface area contributed by atoms with Crippen molar-refractivity contribution in [1.82, 2.24) is 14.9 Å². The van der Waals surface area contributed by atoms with Crippen LogP contribution >= 0.6 is 11.6 Å². The Balaban J connectivity index is 1.61. The van der Waals surface area contributed by atoms with Crippen LogP contribution in [0, 0.1) is 5.82 Å². The Morgan fingerprint density at radius 1 is 1.09 bits per heavy atom. The van der Waals surface area contributed by atoms with E-state index in [0.29, 0.717) is 48.3 Å². The highest BCUT2D eigenvalue weighted by molar-refractivity contribution is 6.35. The van der Waals surface area contributed by atoms with E-state index in [2.05, 4.69) is 16.5 Å². The molecule has 1 amide bonds. The van der Waals surface area contributed by atoms with Crippen molar-refractivity contribution in [2.75, 3.05) is 31.1 Å². The Bertz CT molecular complexity index is 1420. The number of amides is 1. The molecular weight excluding hydrogens is 443 g/mol. The Morgan fingerprint density at radius 2 is 1.88 bits per heavy atom. The molecule has 0 saturated carbocycles. The molecule has 0 aliphatic carbocycles. The number of hydrogen-bond donors (Lipinski definition) is 1. The van der Waals surface area contributed by atoms with Gasteiger partial charge in [-0.05, 0) is 40.6 Å². The number of benzene rings is 3. The summed E-state index contributed by atoms with van der Waals surface area (Å²) in [5.74, 6) is 0.0130. The summed E-state index contributed by atoms with van der Waals surface area (Å²) in [5.41, 5.74) is 0.970. The molecule has 3 aromatic carbocycles. The van der Waals surface area contributed by atoms with Crippen LogP contribution < -0.4 is 4.90 Å². The number of nitrogens with zero attached hydrogens (tertiary/aromatic N) is 4. The predicted octanol–water partition coefficient (Wildman–Crippen LogP) is 4.78. The lowest BCUT2D eigenvalue weighted by atomic mass is 9.96. The molecule has 1 aromatic heterocycles. The summed E-state index contributed by atoms with van der Waals surface area (Å²) in [6, 6.07) is 12.1. The van der Waals surface area contributed by atoms with Crippen LogP contribution in [0.3, 0.4) is 0 Å². The Labute approximate surface area is 194 Å². The molecule has 0 spiro atoms. The number of carbonyl (C=O) groups is 1. The number of anilines is 1. The molecular formula is C25H20ClFN4O2. The normalized spacial score (nSPS) is 14.1. The quantitative estimate of drug-likeness (QED) is 0.444. The standard InChI is InChI=1S/C25H20ClFN4O2/c1-2-21(33)30-8-10-31(11-9-30)25-19-13-20(26)22(23(27)24(19)28-14-29-25)17-5-3-4-15-6-7-16(32)12-18(15)17/h2-7,12-14,32H,1,8-11H2. The van der Waals surface area contributed by atoms with Crippen molar-refractivity contribution < 1.29 is 14.3 Å². The fourth-order valence-electron chi connectivity index (χ4n) is 4.36. The summed E-state index contributed by atoms with van der Waals surface area (Å²) >= 11 is 6.64. The van der Waals surface area contributed by atoms with Crippen molar-refractivity contribution in [2.24, 2.45) is 0 Å². The first-order valence-corrected chi connectivity index (χ1v) is 10.9. The molecule has 1 N–H and O–H groups in total. The number of halogens is 2. The van der Waals surface area contributed by atoms with Crippen LogP contribution in [0.15, 0.2) is 61.4 Å². The third kappa shape index (κ3) is 3.64. The fraction of sp³-hybridized carbons (Fsp3) is 0.160. The summed E-state index contributed by atoms with van der Waals surface area (Å²) in [4.78, 5) is 24.2. The van der Waals surface area contributed by atoms with Crippen molar-refractivity contribution in [3.8, 4) is 16.9 Å². The number of carbonyl (C=O) groups excluding carboxylic acids is 1. The number of aromatic hydroxyl groups is 1. The highest BCUT2D eigenvalue weighted by atomic mass is 35.5. The van der Waals surface area contributed by atoms with E-state index in [1.54, 1.807) is 35.2 Å². The van der Waals surface area contributed by atoms with Gasteiger partial charge < -0.3 is 14.9 Å². The van der Waals surface area contributed by atoms with Gasteiger partial charge in [0.05, 0.1) is 5.02 Å². The minimum absolute atomic E-state index is 0.0889. The van der Waals surface area contributed by atoms with Crippen molar-refractivity contribution in [1.29, 1.82) is 0 Å². The van der Waals surface area contributed by atoms with E-state index in [-0.39, 0.29) is 27.8 Å². The summed E-state index contributed by atoms with van der Waals surface area (Å²) in [6.07, 6.45) is 2.65. The number of hydrogen-bond acceptors (Lipinski definition) is 5. The second-order valence-electron chi connectivity index (χ2n) is 7.87. The number of piperazine rings is 1. The number of rotatable bonds is 3. The topological polar surface area (TPSA) is 69.6 Å². The van der Waals surface area contributed by atoms with Gasteiger partial charge in [-0.15, -0.1) is 0 Å². The van der Waals surface area contributed by atoms with Crippen LogP contribution in [0.5, 0.6) is 5.75 Å². The molecule has 1 fully saturated rings. The predicted molar refractivity (Wildman–Crippen MR) is 128 cm³/mol. The smallest absolute Gasteiger partial charge is 0.246 e. The van der Waals surface area contributed by atoms with Crippen LogP contribution in [0.4, 0.5) is 10.2 Å². The van der Waals surface area contributed by atoms with Gasteiger partial charge in [0, 0.05) is 37.1 Å². The zero-order valence-corrected chi connectivity index (χ0v) is 18.4. The van der Waals surface area contributed by atoms with Crippen LogP contribution in [0.25, 0.3) is 32.8 Å². The molecule has 6 nitrogen and oxygen atoms in total. The number of fused-ring (bicyclic) bond motifs is 2. The minimum Gasteiger partial charge on any atom is -0.508 e. The third-order valence-corrected chi connectivity index (χ3v) is 6.30. The molecule has 0 radical (unpaired) electrons. The Kier molecular flexibility index (Phi) is 5.34. The molecule has 33 heavy (non-hydrogen) atoms. The van der Waals surface area contributed by atoms with Gasteiger partial charge in [0.2, 0.25) is 5.91 Å². The van der Waals surface area contributed by atoms with Crippen molar-refractivity contribution in [2.45, 2.75) is 0 Å². The first kappa shape index (κ1) is 21.2. The van der Waals surface area contributed by atoms with Crippen molar-refractivity contribution in [3.05, 3.63) is 72.3 Å². The molecule has 0 atom stereocenters. The van der Waals surface area contributed by atoms with Crippen LogP contribution in [-0.2, 0) is 4.79 Å². The van der Waals surface area contributed by atoms with Gasteiger partial charge in [0.25, 0.3) is 0 Å². The molecule has 1 aliphatic heterocycles. The third-order valence-electron chi connectivity index (χ3n) is 6.00. The monoisotopic (exact) mass is 462 g/mol. The molecule has 2 heterocycles. The van der Waals surface area contributed by atoms with Gasteiger partial charge in [-0.2, -0.15) is 0 Å². The first-order valence-electron chi connectivity index (χ1n) is 10.5. The van der Waals surface area contributed by atoms with Crippen LogP contribution in [0.2, 0.25) is 5.02 Å². The van der Waals surface area contributed by atoms with E-state index in [1.165, 1.54) is 12.4 Å². The Hall–Kier alpha value is -3.71. The highest BCUT2D eigenvalue weighted by Crippen LogP contribution is 2.40. The van der Waals surface area contributed by atoms with E-state index in [0.717, 1.165) is 5.39 Å². The lowest BCUT2D eigenvalue weighted by Gasteiger charge is -2.35. The molecule has 0 bridgehead atoms. The number of phenols is 1. The molecule has 166 valence electrons. The average molecular weight is 463 g/mol. The van der Waals surface area contributed by atoms with Crippen molar-refractivity contribution in [3.63, 3.8) is 0 Å². The summed E-state index contributed by atoms with van der Waals surface area (Å²) in [5, 5.41) is 12.3. The van der Waals surface area contributed by atoms with Crippen LogP contribution in [0.1, 0.15) is 0 Å². The van der Waals surface area contributed by atoms with Gasteiger partial charge >= 0.3 is 0 Å². The lowest BCUT2D eigenvalue weighted by Crippen LogP contribution is -2.48. The van der Waals surface area contributed by atoms with E-state index >= 15 is 4.39 Å². The second-order valence-corrected chi connectivity index (χ2v) is 8.28. The maximum absolute atomic E-state index is 15.9. The number of aromatic nitrogens is 2. The van der Waals surface area contributed by atoms with Gasteiger partial charge in [-0.1, -0.05) is 42.4 Å². The van der Waals surface area contributed by atoms with Gasteiger partial charge in [0.1, 0.15) is 23.4 Å². The van der Waals surface area contributed by atoms with Crippen molar-refractivity contribution >= 4 is 45.0 Å². The van der Waals surface area contributed by atoms with Gasteiger partial charge in [-0.3, -0.25) is 4.79 Å². The fourth-order valence-corrected chi connectivity index (χ4v) is 4.66. The summed E-state index contributed by atoms with van der Waals surface area (Å²) in [6.45, 7) is 5.67. The van der Waals surface area contributed by atoms with Gasteiger partial charge in [-0.25, -0.2) is 14.4 Å². The minimum atomic E-state index is -0.544. The van der Waals surface area contributed by atoms with E-state index < -0.39 is 5.82 Å². The Morgan fingerprint density at radius 3 is 2.64 bits per heavy atom. The molecule has 5 rings (SSSR count). The second kappa shape index (κ2) is 8.33. The average Bonchev–Trinajstić information content (AvgIpc) is 2.83. The lowest BCUT2D eigenvalue weighted by molar-refractivity contribution is -0.126. The van der Waals surface area contributed by atoms with Crippen LogP contribution in [-0.4, -0.2) is 52.1 Å². The highest BCUT2D eigenvalue weighted by Gasteiger charge is 2.24.